The standard InChI is InChI=1S/C12H13BrClN3/c1-17-7-6-16-12(17)4-5-15-11-8-9(14)2-3-10(11)13/h2-3,6-8,15H,4-5H2,1H3. The zero-order valence-electron chi connectivity index (χ0n) is 9.45. The van der Waals surface area contributed by atoms with Crippen LogP contribution in [0.3, 0.4) is 0 Å². The van der Waals surface area contributed by atoms with Crippen molar-refractivity contribution in [3.8, 4) is 0 Å². The molecule has 90 valence electrons. The third kappa shape index (κ3) is 3.23. The van der Waals surface area contributed by atoms with Gasteiger partial charge in [0.05, 0.1) is 0 Å². The fourth-order valence-electron chi connectivity index (χ4n) is 1.58. The van der Waals surface area contributed by atoms with Crippen molar-refractivity contribution in [2.75, 3.05) is 11.9 Å². The van der Waals surface area contributed by atoms with Crippen LogP contribution >= 0.6 is 27.5 Å². The number of halogens is 2. The van der Waals surface area contributed by atoms with Crippen LogP contribution in [0.5, 0.6) is 0 Å². The summed E-state index contributed by atoms with van der Waals surface area (Å²) >= 11 is 9.43. The van der Waals surface area contributed by atoms with Crippen LogP contribution in [-0.4, -0.2) is 16.1 Å². The van der Waals surface area contributed by atoms with Crippen LogP contribution in [0.1, 0.15) is 5.82 Å². The van der Waals surface area contributed by atoms with E-state index in [0.717, 1.165) is 34.0 Å². The van der Waals surface area contributed by atoms with Crippen molar-refractivity contribution in [1.82, 2.24) is 9.55 Å². The molecule has 0 radical (unpaired) electrons. The Morgan fingerprint density at radius 2 is 2.29 bits per heavy atom. The molecule has 0 unspecified atom stereocenters. The van der Waals surface area contributed by atoms with E-state index in [2.05, 4.69) is 26.2 Å². The summed E-state index contributed by atoms with van der Waals surface area (Å²) in [4.78, 5) is 4.27. The molecule has 1 aromatic carbocycles. The highest BCUT2D eigenvalue weighted by atomic mass is 79.9. The Labute approximate surface area is 114 Å². The first-order valence-corrected chi connectivity index (χ1v) is 6.49. The fraction of sp³-hybridized carbons (Fsp3) is 0.250. The number of imidazole rings is 1. The molecule has 0 saturated heterocycles. The molecule has 1 aromatic heterocycles. The van der Waals surface area contributed by atoms with Crippen molar-refractivity contribution in [1.29, 1.82) is 0 Å². The van der Waals surface area contributed by atoms with Gasteiger partial charge in [-0.2, -0.15) is 0 Å². The third-order valence-electron chi connectivity index (χ3n) is 2.51. The topological polar surface area (TPSA) is 29.9 Å². The van der Waals surface area contributed by atoms with E-state index in [1.165, 1.54) is 0 Å². The molecule has 1 heterocycles. The average molecular weight is 315 g/mol. The zero-order valence-corrected chi connectivity index (χ0v) is 11.8. The van der Waals surface area contributed by atoms with Crippen LogP contribution in [0.25, 0.3) is 0 Å². The summed E-state index contributed by atoms with van der Waals surface area (Å²) in [5.74, 6) is 1.07. The summed E-state index contributed by atoms with van der Waals surface area (Å²) in [6.07, 6.45) is 4.64. The molecule has 0 aliphatic rings. The summed E-state index contributed by atoms with van der Waals surface area (Å²) in [6, 6.07) is 5.70. The van der Waals surface area contributed by atoms with Gasteiger partial charge in [-0.15, -0.1) is 0 Å². The highest BCUT2D eigenvalue weighted by Gasteiger charge is 2.02. The Bertz CT molecular complexity index is 510. The lowest BCUT2D eigenvalue weighted by atomic mass is 10.3. The average Bonchev–Trinajstić information content (AvgIpc) is 2.70. The maximum atomic E-state index is 5.94. The normalized spacial score (nSPS) is 10.5. The van der Waals surface area contributed by atoms with Gasteiger partial charge < -0.3 is 9.88 Å². The molecule has 0 bridgehead atoms. The molecule has 1 N–H and O–H groups in total. The lowest BCUT2D eigenvalue weighted by Crippen LogP contribution is -2.08. The van der Waals surface area contributed by atoms with Gasteiger partial charge in [0.2, 0.25) is 0 Å². The van der Waals surface area contributed by atoms with Gasteiger partial charge in [-0.25, -0.2) is 4.98 Å². The van der Waals surface area contributed by atoms with Gasteiger partial charge in [-0.3, -0.25) is 0 Å². The molecule has 3 nitrogen and oxygen atoms in total. The molecule has 5 heteroatoms. The van der Waals surface area contributed by atoms with Crippen molar-refractivity contribution < 1.29 is 0 Å². The van der Waals surface area contributed by atoms with Crippen molar-refractivity contribution >= 4 is 33.2 Å². The second-order valence-corrected chi connectivity index (χ2v) is 5.05. The van der Waals surface area contributed by atoms with E-state index in [-0.39, 0.29) is 0 Å². The van der Waals surface area contributed by atoms with E-state index in [4.69, 9.17) is 11.6 Å². The number of rotatable bonds is 4. The van der Waals surface area contributed by atoms with E-state index in [1.807, 2.05) is 42.2 Å². The lowest BCUT2D eigenvalue weighted by Gasteiger charge is -2.08. The van der Waals surface area contributed by atoms with Crippen LogP contribution in [-0.2, 0) is 13.5 Å². The molecule has 0 aliphatic heterocycles. The van der Waals surface area contributed by atoms with E-state index in [0.29, 0.717) is 0 Å². The molecular weight excluding hydrogens is 302 g/mol. The number of nitrogens with zero attached hydrogens (tertiary/aromatic N) is 2. The van der Waals surface area contributed by atoms with Gasteiger partial charge in [0.1, 0.15) is 5.82 Å². The number of hydrogen-bond donors (Lipinski definition) is 1. The van der Waals surface area contributed by atoms with Gasteiger partial charge in [-0.05, 0) is 34.1 Å². The van der Waals surface area contributed by atoms with Crippen molar-refractivity contribution in [3.05, 3.63) is 45.9 Å². The van der Waals surface area contributed by atoms with E-state index >= 15 is 0 Å². The first-order valence-electron chi connectivity index (χ1n) is 5.32. The summed E-state index contributed by atoms with van der Waals surface area (Å²) in [5, 5.41) is 4.06. The molecule has 2 aromatic rings. The predicted molar refractivity (Wildman–Crippen MR) is 74.6 cm³/mol. The van der Waals surface area contributed by atoms with Crippen molar-refractivity contribution in [3.63, 3.8) is 0 Å². The third-order valence-corrected chi connectivity index (χ3v) is 3.44. The minimum Gasteiger partial charge on any atom is -0.384 e. The second-order valence-electron chi connectivity index (χ2n) is 3.76. The highest BCUT2D eigenvalue weighted by Crippen LogP contribution is 2.25. The van der Waals surface area contributed by atoms with Gasteiger partial charge in [0, 0.05) is 47.6 Å². The molecule has 0 atom stereocenters. The molecule has 17 heavy (non-hydrogen) atoms. The Kier molecular flexibility index (Phi) is 4.07. The molecular formula is C12H13BrClN3. The number of aromatic nitrogens is 2. The minimum atomic E-state index is 0.729. The van der Waals surface area contributed by atoms with E-state index in [9.17, 15) is 0 Å². The summed E-state index contributed by atoms with van der Waals surface area (Å²) in [5.41, 5.74) is 1.01. The Hall–Kier alpha value is -1.000. The van der Waals surface area contributed by atoms with Gasteiger partial charge in [-0.1, -0.05) is 11.6 Å². The Morgan fingerprint density at radius 3 is 3.00 bits per heavy atom. The van der Waals surface area contributed by atoms with Gasteiger partial charge in [0.25, 0.3) is 0 Å². The number of nitrogens with one attached hydrogen (secondary N) is 1. The SMILES string of the molecule is Cn1ccnc1CCNc1cc(Cl)ccc1Br. The van der Waals surface area contributed by atoms with E-state index < -0.39 is 0 Å². The van der Waals surface area contributed by atoms with Crippen molar-refractivity contribution in [2.45, 2.75) is 6.42 Å². The number of aryl methyl sites for hydroxylation is 1. The van der Waals surface area contributed by atoms with Crippen LogP contribution in [0.4, 0.5) is 5.69 Å². The Balaban J connectivity index is 1.94. The van der Waals surface area contributed by atoms with Crippen LogP contribution in [0.15, 0.2) is 35.1 Å². The van der Waals surface area contributed by atoms with Crippen LogP contribution in [0, 0.1) is 0 Å². The highest BCUT2D eigenvalue weighted by molar-refractivity contribution is 9.10. The first kappa shape index (κ1) is 12.5. The molecule has 0 amide bonds. The maximum Gasteiger partial charge on any atom is 0.110 e. The number of hydrogen-bond acceptors (Lipinski definition) is 2. The predicted octanol–water partition coefficient (Wildman–Crippen LogP) is 3.49. The maximum absolute atomic E-state index is 5.94. The molecule has 2 rings (SSSR count). The second kappa shape index (κ2) is 5.56. The van der Waals surface area contributed by atoms with Gasteiger partial charge in [0.15, 0.2) is 0 Å². The number of anilines is 1. The van der Waals surface area contributed by atoms with E-state index in [1.54, 1.807) is 0 Å². The summed E-state index contributed by atoms with van der Waals surface area (Å²) < 4.78 is 3.04. The monoisotopic (exact) mass is 313 g/mol. The molecule has 0 saturated carbocycles. The van der Waals surface area contributed by atoms with Crippen LogP contribution in [0.2, 0.25) is 5.02 Å². The summed E-state index contributed by atoms with van der Waals surface area (Å²) in [7, 11) is 2.00. The molecule has 0 spiro atoms. The largest absolute Gasteiger partial charge is 0.384 e. The lowest BCUT2D eigenvalue weighted by molar-refractivity contribution is 0.789. The minimum absolute atomic E-state index is 0.729. The zero-order chi connectivity index (χ0) is 12.3. The van der Waals surface area contributed by atoms with Crippen LogP contribution < -0.4 is 5.32 Å². The fourth-order valence-corrected chi connectivity index (χ4v) is 2.14. The van der Waals surface area contributed by atoms with Gasteiger partial charge >= 0.3 is 0 Å². The first-order chi connectivity index (χ1) is 8.16. The Morgan fingerprint density at radius 1 is 1.47 bits per heavy atom. The molecule has 0 fully saturated rings. The number of benzene rings is 1. The smallest absolute Gasteiger partial charge is 0.110 e. The molecule has 0 aliphatic carbocycles. The van der Waals surface area contributed by atoms with Crippen molar-refractivity contribution in [2.24, 2.45) is 7.05 Å². The quantitative estimate of drug-likeness (QED) is 0.936. The summed E-state index contributed by atoms with van der Waals surface area (Å²) in [6.45, 7) is 0.823.